The van der Waals surface area contributed by atoms with Gasteiger partial charge in [0.15, 0.2) is 11.5 Å². The van der Waals surface area contributed by atoms with E-state index < -0.39 is 5.41 Å². The van der Waals surface area contributed by atoms with Gasteiger partial charge < -0.3 is 14.8 Å². The molecule has 2 aliphatic rings. The van der Waals surface area contributed by atoms with Crippen LogP contribution in [0, 0.1) is 6.92 Å². The summed E-state index contributed by atoms with van der Waals surface area (Å²) in [4.78, 5) is 13.4. The lowest BCUT2D eigenvalue weighted by molar-refractivity contribution is -0.118. The van der Waals surface area contributed by atoms with Gasteiger partial charge in [0, 0.05) is 5.69 Å². The van der Waals surface area contributed by atoms with Crippen molar-refractivity contribution in [1.82, 2.24) is 0 Å². The molecule has 4 heteroatoms. The lowest BCUT2D eigenvalue weighted by atomic mass is 9.86. The van der Waals surface area contributed by atoms with E-state index in [9.17, 15) is 4.79 Å². The van der Waals surface area contributed by atoms with Gasteiger partial charge in [0.1, 0.15) is 13.2 Å². The lowest BCUT2D eigenvalue weighted by Gasteiger charge is -2.22. The van der Waals surface area contributed by atoms with Gasteiger partial charge in [0.2, 0.25) is 5.91 Å². The Morgan fingerprint density at radius 3 is 2.24 bits per heavy atom. The Hall–Kier alpha value is -3.27. The minimum absolute atomic E-state index is 0.0389. The summed E-state index contributed by atoms with van der Waals surface area (Å²) in [6.45, 7) is 9.87. The van der Waals surface area contributed by atoms with Gasteiger partial charge in [-0.1, -0.05) is 57.2 Å². The number of fused-ring (bicyclic) bond motifs is 1. The maximum atomic E-state index is 13.4. The molecule has 1 aliphatic heterocycles. The standard InChI is InChI=1S/C29H31NO3/c1-19-5-11-23(18-24(19)20-6-8-21(9-7-20)28(2,3)4)30-27(31)29(13-14-29)22-10-12-25-26(17-22)33-16-15-32-25/h5-12,17-18H,13-16H2,1-4H3,(H,30,31). The number of aryl methyl sites for hydroxylation is 1. The highest BCUT2D eigenvalue weighted by Crippen LogP contribution is 2.51. The van der Waals surface area contributed by atoms with E-state index in [1.165, 1.54) is 11.1 Å². The summed E-state index contributed by atoms with van der Waals surface area (Å²) in [6, 6.07) is 20.8. The molecule has 3 aromatic carbocycles. The maximum Gasteiger partial charge on any atom is 0.235 e. The molecule has 1 aliphatic carbocycles. The van der Waals surface area contributed by atoms with Crippen LogP contribution in [0.25, 0.3) is 11.1 Å². The number of hydrogen-bond donors (Lipinski definition) is 1. The van der Waals surface area contributed by atoms with Crippen molar-refractivity contribution < 1.29 is 14.3 Å². The summed E-state index contributed by atoms with van der Waals surface area (Å²) in [5, 5.41) is 3.19. The predicted molar refractivity (Wildman–Crippen MR) is 132 cm³/mol. The van der Waals surface area contributed by atoms with Crippen molar-refractivity contribution in [2.24, 2.45) is 0 Å². The van der Waals surface area contributed by atoms with Gasteiger partial charge in [-0.25, -0.2) is 0 Å². The molecule has 1 fully saturated rings. The molecule has 0 atom stereocenters. The van der Waals surface area contributed by atoms with Gasteiger partial charge in [0.05, 0.1) is 5.41 Å². The fraction of sp³-hybridized carbons (Fsp3) is 0.345. The third-order valence-corrected chi connectivity index (χ3v) is 6.84. The molecule has 5 rings (SSSR count). The normalized spacial score (nSPS) is 16.2. The van der Waals surface area contributed by atoms with Crippen molar-refractivity contribution >= 4 is 11.6 Å². The SMILES string of the molecule is Cc1ccc(NC(=O)C2(c3ccc4c(c3)OCCO4)CC2)cc1-c1ccc(C(C)(C)C)cc1. The van der Waals surface area contributed by atoms with Crippen molar-refractivity contribution in [3.05, 3.63) is 77.4 Å². The molecule has 3 aromatic rings. The number of carbonyl (C=O) groups is 1. The zero-order chi connectivity index (χ0) is 23.2. The van der Waals surface area contributed by atoms with Crippen LogP contribution in [-0.2, 0) is 15.6 Å². The molecule has 170 valence electrons. The van der Waals surface area contributed by atoms with Crippen LogP contribution in [-0.4, -0.2) is 19.1 Å². The smallest absolute Gasteiger partial charge is 0.235 e. The summed E-state index contributed by atoms with van der Waals surface area (Å²) >= 11 is 0. The third kappa shape index (κ3) is 4.10. The Kier molecular flexibility index (Phi) is 5.19. The molecule has 1 amide bonds. The van der Waals surface area contributed by atoms with E-state index in [1.807, 2.05) is 24.3 Å². The summed E-state index contributed by atoms with van der Waals surface area (Å²) in [7, 11) is 0. The van der Waals surface area contributed by atoms with Gasteiger partial charge in [0.25, 0.3) is 0 Å². The highest BCUT2D eigenvalue weighted by molar-refractivity contribution is 6.02. The molecule has 33 heavy (non-hydrogen) atoms. The Morgan fingerprint density at radius 2 is 1.58 bits per heavy atom. The second kappa shape index (κ2) is 7.95. The molecule has 0 aromatic heterocycles. The molecule has 0 bridgehead atoms. The molecular formula is C29H31NO3. The quantitative estimate of drug-likeness (QED) is 0.509. The second-order valence-electron chi connectivity index (χ2n) is 10.3. The lowest BCUT2D eigenvalue weighted by Crippen LogP contribution is -2.28. The van der Waals surface area contributed by atoms with Crippen LogP contribution in [0.1, 0.15) is 50.3 Å². The third-order valence-electron chi connectivity index (χ3n) is 6.84. The molecule has 0 unspecified atom stereocenters. The number of carbonyl (C=O) groups excluding carboxylic acids is 1. The molecule has 0 radical (unpaired) electrons. The van der Waals surface area contributed by atoms with E-state index in [2.05, 4.69) is 69.4 Å². The second-order valence-corrected chi connectivity index (χ2v) is 10.3. The first kappa shape index (κ1) is 21.6. The Balaban J connectivity index is 1.38. The first-order valence-corrected chi connectivity index (χ1v) is 11.7. The highest BCUT2D eigenvalue weighted by atomic mass is 16.6. The summed E-state index contributed by atoms with van der Waals surface area (Å²) in [6.07, 6.45) is 1.68. The first-order valence-electron chi connectivity index (χ1n) is 11.7. The van der Waals surface area contributed by atoms with Crippen LogP contribution in [0.3, 0.4) is 0 Å². The van der Waals surface area contributed by atoms with E-state index in [4.69, 9.17) is 9.47 Å². The van der Waals surface area contributed by atoms with E-state index in [-0.39, 0.29) is 11.3 Å². The minimum atomic E-state index is -0.491. The van der Waals surface area contributed by atoms with Crippen molar-refractivity contribution in [3.63, 3.8) is 0 Å². The number of ether oxygens (including phenoxy) is 2. The van der Waals surface area contributed by atoms with Crippen molar-refractivity contribution in [2.75, 3.05) is 18.5 Å². The molecule has 1 N–H and O–H groups in total. The molecule has 1 heterocycles. The van der Waals surface area contributed by atoms with Crippen LogP contribution < -0.4 is 14.8 Å². The molecular weight excluding hydrogens is 410 g/mol. The van der Waals surface area contributed by atoms with Crippen molar-refractivity contribution in [2.45, 2.75) is 51.4 Å². The fourth-order valence-corrected chi connectivity index (χ4v) is 4.52. The predicted octanol–water partition coefficient (Wildman–Crippen LogP) is 6.40. The number of hydrogen-bond acceptors (Lipinski definition) is 3. The van der Waals surface area contributed by atoms with E-state index in [0.29, 0.717) is 13.2 Å². The zero-order valence-electron chi connectivity index (χ0n) is 19.8. The van der Waals surface area contributed by atoms with Gasteiger partial charge >= 0.3 is 0 Å². The van der Waals surface area contributed by atoms with Gasteiger partial charge in [-0.3, -0.25) is 4.79 Å². The number of anilines is 1. The Bertz CT molecular complexity index is 1200. The number of amides is 1. The van der Waals surface area contributed by atoms with Crippen LogP contribution in [0.2, 0.25) is 0 Å². The van der Waals surface area contributed by atoms with Crippen LogP contribution >= 0.6 is 0 Å². The number of rotatable bonds is 4. The van der Waals surface area contributed by atoms with E-state index in [1.54, 1.807) is 0 Å². The largest absolute Gasteiger partial charge is 0.486 e. The van der Waals surface area contributed by atoms with Gasteiger partial charge in [-0.15, -0.1) is 0 Å². The first-order chi connectivity index (χ1) is 15.8. The van der Waals surface area contributed by atoms with E-state index >= 15 is 0 Å². The van der Waals surface area contributed by atoms with Crippen molar-refractivity contribution in [3.8, 4) is 22.6 Å². The Morgan fingerprint density at radius 1 is 0.879 bits per heavy atom. The van der Waals surface area contributed by atoms with Gasteiger partial charge in [-0.05, 0) is 77.3 Å². The Labute approximate surface area is 195 Å². The molecule has 0 spiro atoms. The number of nitrogens with one attached hydrogen (secondary N) is 1. The topological polar surface area (TPSA) is 47.6 Å². The maximum absolute atomic E-state index is 13.4. The van der Waals surface area contributed by atoms with Gasteiger partial charge in [-0.2, -0.15) is 0 Å². The van der Waals surface area contributed by atoms with E-state index in [0.717, 1.165) is 46.7 Å². The highest BCUT2D eigenvalue weighted by Gasteiger charge is 2.51. The zero-order valence-corrected chi connectivity index (χ0v) is 19.8. The van der Waals surface area contributed by atoms with Crippen LogP contribution in [0.15, 0.2) is 60.7 Å². The summed E-state index contributed by atoms with van der Waals surface area (Å²) in [5.74, 6) is 1.52. The average Bonchev–Trinajstić information content (AvgIpc) is 3.62. The van der Waals surface area contributed by atoms with Crippen molar-refractivity contribution in [1.29, 1.82) is 0 Å². The molecule has 4 nitrogen and oxygen atoms in total. The average molecular weight is 442 g/mol. The van der Waals surface area contributed by atoms with Crippen LogP contribution in [0.5, 0.6) is 11.5 Å². The summed E-state index contributed by atoms with van der Waals surface area (Å²) < 4.78 is 11.4. The number of benzene rings is 3. The fourth-order valence-electron chi connectivity index (χ4n) is 4.52. The molecule has 0 saturated heterocycles. The minimum Gasteiger partial charge on any atom is -0.486 e. The van der Waals surface area contributed by atoms with Crippen LogP contribution in [0.4, 0.5) is 5.69 Å². The summed E-state index contributed by atoms with van der Waals surface area (Å²) in [5.41, 5.74) is 6.24. The monoisotopic (exact) mass is 441 g/mol. The molecule has 1 saturated carbocycles.